The second-order valence-corrected chi connectivity index (χ2v) is 4.79. The van der Waals surface area contributed by atoms with E-state index in [-0.39, 0.29) is 5.78 Å². The van der Waals surface area contributed by atoms with Gasteiger partial charge in [0.2, 0.25) is 0 Å². The maximum atomic E-state index is 12.7. The zero-order chi connectivity index (χ0) is 14.8. The predicted octanol–water partition coefficient (Wildman–Crippen LogP) is 2.87. The van der Waals surface area contributed by atoms with Crippen molar-refractivity contribution in [1.29, 1.82) is 0 Å². The highest BCUT2D eigenvalue weighted by Gasteiger charge is 2.22. The molecule has 1 aliphatic heterocycles. The smallest absolute Gasteiger partial charge is 0.196 e. The average molecular weight is 284 g/mol. The highest BCUT2D eigenvalue weighted by molar-refractivity contribution is 6.11. The van der Waals surface area contributed by atoms with Gasteiger partial charge in [0.15, 0.2) is 17.3 Å². The van der Waals surface area contributed by atoms with Gasteiger partial charge in [-0.3, -0.25) is 4.79 Å². The van der Waals surface area contributed by atoms with Crippen LogP contribution in [0.2, 0.25) is 0 Å². The molecule has 0 bridgehead atoms. The minimum absolute atomic E-state index is 0.0743. The van der Waals surface area contributed by atoms with Gasteiger partial charge in [0.05, 0.1) is 26.4 Å². The summed E-state index contributed by atoms with van der Waals surface area (Å²) in [6.07, 6.45) is 0.850. The van der Waals surface area contributed by atoms with Crippen LogP contribution >= 0.6 is 0 Å². The Hall–Kier alpha value is -2.49. The summed E-state index contributed by atoms with van der Waals surface area (Å²) in [5.41, 5.74) is 2.23. The van der Waals surface area contributed by atoms with E-state index in [4.69, 9.17) is 14.2 Å². The van der Waals surface area contributed by atoms with Crippen LogP contribution in [-0.4, -0.2) is 26.6 Å². The lowest BCUT2D eigenvalue weighted by Gasteiger charge is -2.10. The van der Waals surface area contributed by atoms with Crippen molar-refractivity contribution in [3.63, 3.8) is 0 Å². The Balaban J connectivity index is 2.01. The molecule has 4 nitrogen and oxygen atoms in total. The van der Waals surface area contributed by atoms with Gasteiger partial charge in [0.25, 0.3) is 0 Å². The molecule has 0 aromatic heterocycles. The van der Waals surface area contributed by atoms with Gasteiger partial charge in [-0.15, -0.1) is 0 Å². The van der Waals surface area contributed by atoms with Crippen LogP contribution in [0.15, 0.2) is 36.4 Å². The fraction of sp³-hybridized carbons (Fsp3) is 0.235. The molecule has 1 aliphatic rings. The summed E-state index contributed by atoms with van der Waals surface area (Å²) in [5, 5.41) is 0. The number of fused-ring (bicyclic) bond motifs is 1. The van der Waals surface area contributed by atoms with Gasteiger partial charge in [-0.2, -0.15) is 0 Å². The van der Waals surface area contributed by atoms with E-state index in [2.05, 4.69) is 0 Å². The summed E-state index contributed by atoms with van der Waals surface area (Å²) in [7, 11) is 3.12. The highest BCUT2D eigenvalue weighted by Crippen LogP contribution is 2.33. The van der Waals surface area contributed by atoms with Gasteiger partial charge in [0, 0.05) is 12.0 Å². The Morgan fingerprint density at radius 2 is 1.90 bits per heavy atom. The predicted molar refractivity (Wildman–Crippen MR) is 78.6 cm³/mol. The van der Waals surface area contributed by atoms with Crippen molar-refractivity contribution in [2.45, 2.75) is 6.42 Å². The minimum atomic E-state index is -0.0743. The van der Waals surface area contributed by atoms with E-state index < -0.39 is 0 Å². The Morgan fingerprint density at radius 1 is 1.10 bits per heavy atom. The van der Waals surface area contributed by atoms with Crippen LogP contribution in [-0.2, 0) is 6.42 Å². The van der Waals surface area contributed by atoms with E-state index in [0.717, 1.165) is 12.0 Å². The average Bonchev–Trinajstić information content (AvgIpc) is 3.02. The van der Waals surface area contributed by atoms with E-state index in [1.807, 2.05) is 12.1 Å². The van der Waals surface area contributed by atoms with Crippen LogP contribution in [0.1, 0.15) is 21.5 Å². The lowest BCUT2D eigenvalue weighted by Crippen LogP contribution is -2.04. The number of hydrogen-bond acceptors (Lipinski definition) is 4. The van der Waals surface area contributed by atoms with Gasteiger partial charge in [0.1, 0.15) is 5.75 Å². The van der Waals surface area contributed by atoms with Gasteiger partial charge < -0.3 is 14.2 Å². The largest absolute Gasteiger partial charge is 0.493 e. The van der Waals surface area contributed by atoms with Crippen molar-refractivity contribution in [2.75, 3.05) is 20.8 Å². The van der Waals surface area contributed by atoms with Crippen molar-refractivity contribution in [3.05, 3.63) is 53.1 Å². The first-order valence-corrected chi connectivity index (χ1v) is 6.76. The molecule has 0 amide bonds. The molecular formula is C17H16O4. The molecule has 0 saturated carbocycles. The third-order valence-electron chi connectivity index (χ3n) is 3.60. The van der Waals surface area contributed by atoms with E-state index in [1.54, 1.807) is 38.5 Å². The van der Waals surface area contributed by atoms with Crippen molar-refractivity contribution < 1.29 is 19.0 Å². The van der Waals surface area contributed by atoms with Gasteiger partial charge >= 0.3 is 0 Å². The van der Waals surface area contributed by atoms with Crippen LogP contribution < -0.4 is 14.2 Å². The summed E-state index contributed by atoms with van der Waals surface area (Å²) >= 11 is 0. The highest BCUT2D eigenvalue weighted by atomic mass is 16.5. The van der Waals surface area contributed by atoms with E-state index in [0.29, 0.717) is 35.0 Å². The Bertz CT molecular complexity index is 691. The molecule has 2 aromatic rings. The lowest BCUT2D eigenvalue weighted by molar-refractivity contribution is 0.103. The molecule has 0 N–H and O–H groups in total. The molecule has 0 unspecified atom stereocenters. The fourth-order valence-corrected chi connectivity index (χ4v) is 2.53. The third kappa shape index (κ3) is 2.33. The lowest BCUT2D eigenvalue weighted by atomic mass is 9.99. The first-order chi connectivity index (χ1) is 10.2. The number of rotatable bonds is 4. The summed E-state index contributed by atoms with van der Waals surface area (Å²) in [6.45, 7) is 0.631. The molecular weight excluding hydrogens is 268 g/mol. The molecule has 108 valence electrons. The molecule has 0 fully saturated rings. The Kier molecular flexibility index (Phi) is 3.52. The zero-order valence-electron chi connectivity index (χ0n) is 12.0. The molecule has 21 heavy (non-hydrogen) atoms. The second kappa shape index (κ2) is 5.48. The molecule has 1 heterocycles. The van der Waals surface area contributed by atoms with Crippen LogP contribution in [0.5, 0.6) is 17.2 Å². The summed E-state index contributed by atoms with van der Waals surface area (Å²) in [5.74, 6) is 1.77. The number of ether oxygens (including phenoxy) is 3. The topological polar surface area (TPSA) is 44.8 Å². The molecule has 2 aromatic carbocycles. The summed E-state index contributed by atoms with van der Waals surface area (Å²) < 4.78 is 16.0. The molecule has 0 atom stereocenters. The molecule has 0 radical (unpaired) electrons. The van der Waals surface area contributed by atoms with Crippen LogP contribution in [0.3, 0.4) is 0 Å². The van der Waals surface area contributed by atoms with Crippen molar-refractivity contribution in [3.8, 4) is 17.2 Å². The molecule has 3 rings (SSSR count). The van der Waals surface area contributed by atoms with E-state index in [1.165, 1.54) is 0 Å². The van der Waals surface area contributed by atoms with Gasteiger partial charge in [-0.25, -0.2) is 0 Å². The van der Waals surface area contributed by atoms with Gasteiger partial charge in [-0.1, -0.05) is 12.1 Å². The normalized spacial score (nSPS) is 12.5. The number of benzene rings is 2. The maximum absolute atomic E-state index is 12.7. The van der Waals surface area contributed by atoms with Crippen molar-refractivity contribution in [1.82, 2.24) is 0 Å². The second-order valence-electron chi connectivity index (χ2n) is 4.79. The first kappa shape index (κ1) is 13.5. The van der Waals surface area contributed by atoms with Crippen LogP contribution in [0.4, 0.5) is 0 Å². The van der Waals surface area contributed by atoms with Gasteiger partial charge in [-0.05, 0) is 29.8 Å². The minimum Gasteiger partial charge on any atom is -0.493 e. The fourth-order valence-electron chi connectivity index (χ4n) is 2.53. The van der Waals surface area contributed by atoms with E-state index >= 15 is 0 Å². The first-order valence-electron chi connectivity index (χ1n) is 6.76. The maximum Gasteiger partial charge on any atom is 0.196 e. The quantitative estimate of drug-likeness (QED) is 0.810. The number of carbonyl (C=O) groups is 1. The van der Waals surface area contributed by atoms with Crippen molar-refractivity contribution in [2.24, 2.45) is 0 Å². The summed E-state index contributed by atoms with van der Waals surface area (Å²) in [4.78, 5) is 12.7. The van der Waals surface area contributed by atoms with E-state index in [9.17, 15) is 4.79 Å². The van der Waals surface area contributed by atoms with Crippen molar-refractivity contribution >= 4 is 5.78 Å². The number of ketones is 1. The Morgan fingerprint density at radius 3 is 2.67 bits per heavy atom. The SMILES string of the molecule is COc1ccc(C(=O)c2cccc3c2OCC3)cc1OC. The number of para-hydroxylation sites is 1. The number of methoxy groups -OCH3 is 2. The summed E-state index contributed by atoms with van der Waals surface area (Å²) in [6, 6.07) is 10.8. The van der Waals surface area contributed by atoms with Crippen LogP contribution in [0.25, 0.3) is 0 Å². The molecule has 0 aliphatic carbocycles. The third-order valence-corrected chi connectivity index (χ3v) is 3.60. The zero-order valence-corrected chi connectivity index (χ0v) is 12.0. The monoisotopic (exact) mass is 284 g/mol. The number of hydrogen-bond donors (Lipinski definition) is 0. The standard InChI is InChI=1S/C17H16O4/c1-19-14-7-6-12(10-15(14)20-2)16(18)13-5-3-4-11-8-9-21-17(11)13/h3-7,10H,8-9H2,1-2H3. The van der Waals surface area contributed by atoms with Crippen LogP contribution in [0, 0.1) is 0 Å². The number of carbonyl (C=O) groups excluding carboxylic acids is 1. The molecule has 0 saturated heterocycles. The molecule has 0 spiro atoms. The molecule has 4 heteroatoms. The Labute approximate surface area is 123 Å².